The van der Waals surface area contributed by atoms with Gasteiger partial charge in [0.15, 0.2) is 9.84 Å². The summed E-state index contributed by atoms with van der Waals surface area (Å²) in [6.45, 7) is 6.85. The number of carbonyl (C=O) groups is 1. The third kappa shape index (κ3) is 5.21. The number of rotatable bonds is 6. The Labute approximate surface area is 120 Å². The molecule has 0 aliphatic heterocycles. The Kier molecular flexibility index (Phi) is 5.56. The monoisotopic (exact) mass is 298 g/mol. The van der Waals surface area contributed by atoms with E-state index in [1.54, 1.807) is 6.92 Å². The molecule has 2 N–H and O–H groups in total. The first-order valence-electron chi connectivity index (χ1n) is 6.58. The number of benzene rings is 1. The minimum absolute atomic E-state index is 0.0906. The molecule has 20 heavy (non-hydrogen) atoms. The molecule has 0 saturated heterocycles. The van der Waals surface area contributed by atoms with Gasteiger partial charge in [-0.1, -0.05) is 13.0 Å². The van der Waals surface area contributed by atoms with Gasteiger partial charge in [0, 0.05) is 30.1 Å². The van der Waals surface area contributed by atoms with Crippen molar-refractivity contribution in [1.29, 1.82) is 0 Å². The zero-order valence-corrected chi connectivity index (χ0v) is 13.2. The van der Waals surface area contributed by atoms with Gasteiger partial charge in [0.05, 0.1) is 5.75 Å². The Morgan fingerprint density at radius 1 is 1.35 bits per heavy atom. The second-order valence-electron chi connectivity index (χ2n) is 4.96. The Balaban J connectivity index is 2.83. The molecule has 0 heterocycles. The molecule has 1 aromatic carbocycles. The lowest BCUT2D eigenvalue weighted by atomic mass is 10.1. The second kappa shape index (κ2) is 6.74. The maximum Gasteiger partial charge on any atom is 0.221 e. The fourth-order valence-corrected chi connectivity index (χ4v) is 2.95. The molecule has 0 aliphatic rings. The largest absolute Gasteiger partial charge is 0.381 e. The highest BCUT2D eigenvalue weighted by molar-refractivity contribution is 7.91. The van der Waals surface area contributed by atoms with Gasteiger partial charge in [-0.2, -0.15) is 0 Å². The van der Waals surface area contributed by atoms with Gasteiger partial charge in [0.1, 0.15) is 0 Å². The molecule has 0 spiro atoms. The van der Waals surface area contributed by atoms with Crippen LogP contribution in [0.1, 0.15) is 26.3 Å². The summed E-state index contributed by atoms with van der Waals surface area (Å²) in [5, 5.41) is 5.89. The summed E-state index contributed by atoms with van der Waals surface area (Å²) < 4.78 is 23.2. The molecule has 112 valence electrons. The predicted molar refractivity (Wildman–Crippen MR) is 82.9 cm³/mol. The fraction of sp³-hybridized carbons (Fsp3) is 0.500. The van der Waals surface area contributed by atoms with Gasteiger partial charge in [-0.3, -0.25) is 4.79 Å². The molecule has 6 heteroatoms. The fourth-order valence-electron chi connectivity index (χ4n) is 1.86. The number of hydrogen-bond acceptors (Lipinski definition) is 4. The van der Waals surface area contributed by atoms with Crippen molar-refractivity contribution in [3.63, 3.8) is 0 Å². The number of sulfone groups is 1. The lowest BCUT2D eigenvalue weighted by molar-refractivity contribution is -0.114. The van der Waals surface area contributed by atoms with Crippen LogP contribution in [0.25, 0.3) is 0 Å². The zero-order chi connectivity index (χ0) is 15.3. The normalized spacial score (nSPS) is 12.8. The van der Waals surface area contributed by atoms with E-state index in [1.165, 1.54) is 6.92 Å². The lowest BCUT2D eigenvalue weighted by Crippen LogP contribution is -2.27. The summed E-state index contributed by atoms with van der Waals surface area (Å²) in [6.07, 6.45) is 0. The van der Waals surface area contributed by atoms with Crippen molar-refractivity contribution in [3.05, 3.63) is 23.8 Å². The molecule has 0 bridgehead atoms. The first-order valence-corrected chi connectivity index (χ1v) is 8.41. The van der Waals surface area contributed by atoms with E-state index in [4.69, 9.17) is 0 Å². The van der Waals surface area contributed by atoms with Crippen LogP contribution >= 0.6 is 0 Å². The van der Waals surface area contributed by atoms with Crippen LogP contribution in [-0.4, -0.2) is 31.9 Å². The Morgan fingerprint density at radius 3 is 2.55 bits per heavy atom. The summed E-state index contributed by atoms with van der Waals surface area (Å²) in [7, 11) is -3.01. The van der Waals surface area contributed by atoms with Crippen LogP contribution in [0.2, 0.25) is 0 Å². The summed E-state index contributed by atoms with van der Waals surface area (Å²) in [5.41, 5.74) is 2.52. The molecule has 1 amide bonds. The molecule has 0 aliphatic carbocycles. The van der Waals surface area contributed by atoms with E-state index < -0.39 is 9.84 Å². The molecule has 1 aromatic rings. The summed E-state index contributed by atoms with van der Waals surface area (Å²) >= 11 is 0. The number of nitrogens with one attached hydrogen (secondary N) is 2. The molecular weight excluding hydrogens is 276 g/mol. The van der Waals surface area contributed by atoms with Crippen LogP contribution in [0.3, 0.4) is 0 Å². The molecule has 1 atom stereocenters. The maximum absolute atomic E-state index is 11.6. The molecule has 0 fully saturated rings. The number of anilines is 2. The molecule has 5 nitrogen and oxygen atoms in total. The van der Waals surface area contributed by atoms with Gasteiger partial charge >= 0.3 is 0 Å². The first kappa shape index (κ1) is 16.5. The summed E-state index contributed by atoms with van der Waals surface area (Å²) in [5.74, 6) is 0.0958. The standard InChI is InChI=1S/C14H22N2O3S/c1-5-20(18,19)9-11(3)15-14-8-13(16-12(4)17)7-6-10(14)2/h6-8,11,15H,5,9H2,1-4H3,(H,16,17). The highest BCUT2D eigenvalue weighted by Gasteiger charge is 2.14. The molecule has 0 radical (unpaired) electrons. The molecule has 1 rings (SSSR count). The topological polar surface area (TPSA) is 75.3 Å². The van der Waals surface area contributed by atoms with Crippen LogP contribution in [-0.2, 0) is 14.6 Å². The van der Waals surface area contributed by atoms with Gasteiger partial charge in [-0.15, -0.1) is 0 Å². The Bertz CT molecular complexity index is 582. The van der Waals surface area contributed by atoms with Crippen LogP contribution < -0.4 is 10.6 Å². The van der Waals surface area contributed by atoms with E-state index in [0.29, 0.717) is 5.69 Å². The van der Waals surface area contributed by atoms with E-state index in [1.807, 2.05) is 32.0 Å². The lowest BCUT2D eigenvalue weighted by Gasteiger charge is -2.17. The predicted octanol–water partition coefficient (Wildman–Crippen LogP) is 2.19. The van der Waals surface area contributed by atoms with E-state index >= 15 is 0 Å². The van der Waals surface area contributed by atoms with E-state index in [9.17, 15) is 13.2 Å². The third-order valence-corrected chi connectivity index (χ3v) is 4.79. The quantitative estimate of drug-likeness (QED) is 0.844. The van der Waals surface area contributed by atoms with Crippen LogP contribution in [0, 0.1) is 6.92 Å². The van der Waals surface area contributed by atoms with E-state index in [2.05, 4.69) is 10.6 Å². The van der Waals surface area contributed by atoms with Gasteiger partial charge in [-0.05, 0) is 31.5 Å². The smallest absolute Gasteiger partial charge is 0.221 e. The van der Waals surface area contributed by atoms with Gasteiger partial charge in [-0.25, -0.2) is 8.42 Å². The van der Waals surface area contributed by atoms with Crippen molar-refractivity contribution in [2.75, 3.05) is 22.1 Å². The minimum atomic E-state index is -3.01. The molecule has 1 unspecified atom stereocenters. The second-order valence-corrected chi connectivity index (χ2v) is 7.35. The van der Waals surface area contributed by atoms with Gasteiger partial charge < -0.3 is 10.6 Å². The highest BCUT2D eigenvalue weighted by Crippen LogP contribution is 2.21. The van der Waals surface area contributed by atoms with Gasteiger partial charge in [0.25, 0.3) is 0 Å². The van der Waals surface area contributed by atoms with E-state index in [0.717, 1.165) is 11.3 Å². The van der Waals surface area contributed by atoms with Crippen LogP contribution in [0.15, 0.2) is 18.2 Å². The number of aryl methyl sites for hydroxylation is 1. The Morgan fingerprint density at radius 2 is 2.00 bits per heavy atom. The Hall–Kier alpha value is -1.56. The minimum Gasteiger partial charge on any atom is -0.381 e. The summed E-state index contributed by atoms with van der Waals surface area (Å²) in [6, 6.07) is 5.32. The van der Waals surface area contributed by atoms with Gasteiger partial charge in [0.2, 0.25) is 5.91 Å². The van der Waals surface area contributed by atoms with Crippen molar-refractivity contribution in [3.8, 4) is 0 Å². The van der Waals surface area contributed by atoms with Crippen molar-refractivity contribution < 1.29 is 13.2 Å². The van der Waals surface area contributed by atoms with Crippen molar-refractivity contribution in [1.82, 2.24) is 0 Å². The van der Waals surface area contributed by atoms with Crippen molar-refractivity contribution in [2.45, 2.75) is 33.7 Å². The van der Waals surface area contributed by atoms with Crippen LogP contribution in [0.4, 0.5) is 11.4 Å². The van der Waals surface area contributed by atoms with Crippen LogP contribution in [0.5, 0.6) is 0 Å². The average molecular weight is 298 g/mol. The summed E-state index contributed by atoms with van der Waals surface area (Å²) in [4.78, 5) is 11.0. The third-order valence-electron chi connectivity index (χ3n) is 2.90. The first-order chi connectivity index (χ1) is 9.23. The van der Waals surface area contributed by atoms with Crippen molar-refractivity contribution >= 4 is 27.1 Å². The number of amides is 1. The molecule has 0 saturated carbocycles. The SMILES string of the molecule is CCS(=O)(=O)CC(C)Nc1cc(NC(C)=O)ccc1C. The molecule has 0 aromatic heterocycles. The van der Waals surface area contributed by atoms with E-state index in [-0.39, 0.29) is 23.5 Å². The molecular formula is C14H22N2O3S. The maximum atomic E-state index is 11.6. The van der Waals surface area contributed by atoms with Crippen molar-refractivity contribution in [2.24, 2.45) is 0 Å². The number of hydrogen-bond donors (Lipinski definition) is 2. The number of carbonyl (C=O) groups excluding carboxylic acids is 1. The average Bonchev–Trinajstić information content (AvgIpc) is 2.32. The zero-order valence-electron chi connectivity index (χ0n) is 12.4. The highest BCUT2D eigenvalue weighted by atomic mass is 32.2.